The summed E-state index contributed by atoms with van der Waals surface area (Å²) in [6, 6.07) is 0. The Kier molecular flexibility index (Phi) is 3.98. The molecule has 0 aromatic carbocycles. The van der Waals surface area contributed by atoms with Crippen molar-refractivity contribution in [1.82, 2.24) is 4.90 Å². The van der Waals surface area contributed by atoms with E-state index in [9.17, 15) is 0 Å². The molecule has 1 saturated heterocycles. The van der Waals surface area contributed by atoms with E-state index in [1.165, 1.54) is 31.5 Å². The summed E-state index contributed by atoms with van der Waals surface area (Å²) in [6.07, 6.45) is 2.77. The predicted molar refractivity (Wildman–Crippen MR) is 58.8 cm³/mol. The molecule has 1 aliphatic rings. The number of likely N-dealkylation sites (tertiary alicyclic amines) is 1. The zero-order valence-corrected chi connectivity index (χ0v) is 9.34. The maximum absolute atomic E-state index is 4.13. The summed E-state index contributed by atoms with van der Waals surface area (Å²) in [5.41, 5.74) is 1.38. The van der Waals surface area contributed by atoms with Gasteiger partial charge in [0.05, 0.1) is 0 Å². The van der Waals surface area contributed by atoms with Gasteiger partial charge in [-0.05, 0) is 31.2 Å². The number of rotatable bonds is 3. The van der Waals surface area contributed by atoms with Gasteiger partial charge in [-0.1, -0.05) is 32.9 Å². The third-order valence-corrected chi connectivity index (χ3v) is 2.98. The van der Waals surface area contributed by atoms with Gasteiger partial charge in [0.25, 0.3) is 0 Å². The minimum atomic E-state index is 0.636. The summed E-state index contributed by atoms with van der Waals surface area (Å²) < 4.78 is 0. The van der Waals surface area contributed by atoms with Crippen LogP contribution in [0, 0.1) is 11.8 Å². The maximum Gasteiger partial charge on any atom is 0.0192 e. The normalized spacial score (nSPS) is 25.1. The minimum absolute atomic E-state index is 0.636. The van der Waals surface area contributed by atoms with Gasteiger partial charge in [-0.3, -0.25) is 4.90 Å². The van der Waals surface area contributed by atoms with Crippen molar-refractivity contribution < 1.29 is 0 Å². The van der Waals surface area contributed by atoms with Crippen molar-refractivity contribution in [1.29, 1.82) is 0 Å². The second kappa shape index (κ2) is 4.80. The van der Waals surface area contributed by atoms with Crippen molar-refractivity contribution >= 4 is 0 Å². The van der Waals surface area contributed by atoms with Crippen LogP contribution >= 0.6 is 0 Å². The highest BCUT2D eigenvalue weighted by molar-refractivity contribution is 5.00. The van der Waals surface area contributed by atoms with E-state index in [2.05, 4.69) is 32.3 Å². The van der Waals surface area contributed by atoms with Crippen molar-refractivity contribution in [3.8, 4) is 0 Å². The van der Waals surface area contributed by atoms with E-state index in [0.29, 0.717) is 5.92 Å². The Morgan fingerprint density at radius 3 is 2.77 bits per heavy atom. The first-order valence-corrected chi connectivity index (χ1v) is 5.49. The summed E-state index contributed by atoms with van der Waals surface area (Å²) in [4.78, 5) is 2.55. The Balaban J connectivity index is 2.31. The number of hydrogen-bond acceptors (Lipinski definition) is 1. The van der Waals surface area contributed by atoms with E-state index in [0.717, 1.165) is 12.5 Å². The standard InChI is InChI=1S/C12H23N/c1-10(2)12(4)9-13-7-5-6-11(3)8-13/h10-11H,4-9H2,1-3H3/t11-/m0/s1. The third-order valence-electron chi connectivity index (χ3n) is 2.98. The second-order valence-corrected chi connectivity index (χ2v) is 4.80. The van der Waals surface area contributed by atoms with Crippen LogP contribution in [0.3, 0.4) is 0 Å². The molecule has 76 valence electrons. The van der Waals surface area contributed by atoms with Crippen molar-refractivity contribution in [2.24, 2.45) is 11.8 Å². The van der Waals surface area contributed by atoms with E-state index in [1.807, 2.05) is 0 Å². The van der Waals surface area contributed by atoms with Crippen LogP contribution in [0.1, 0.15) is 33.6 Å². The van der Waals surface area contributed by atoms with Gasteiger partial charge in [0.2, 0.25) is 0 Å². The number of hydrogen-bond donors (Lipinski definition) is 0. The lowest BCUT2D eigenvalue weighted by Crippen LogP contribution is -2.36. The average molecular weight is 181 g/mol. The Hall–Kier alpha value is -0.300. The molecule has 0 aromatic rings. The van der Waals surface area contributed by atoms with Gasteiger partial charge in [0.1, 0.15) is 0 Å². The van der Waals surface area contributed by atoms with Gasteiger partial charge in [-0.25, -0.2) is 0 Å². The first-order valence-electron chi connectivity index (χ1n) is 5.49. The molecule has 1 atom stereocenters. The van der Waals surface area contributed by atoms with Crippen molar-refractivity contribution in [3.63, 3.8) is 0 Å². The molecule has 1 aliphatic heterocycles. The minimum Gasteiger partial charge on any atom is -0.299 e. The molecule has 0 N–H and O–H groups in total. The molecule has 1 rings (SSSR count). The summed E-state index contributed by atoms with van der Waals surface area (Å²) in [5.74, 6) is 1.52. The van der Waals surface area contributed by atoms with Crippen molar-refractivity contribution in [3.05, 3.63) is 12.2 Å². The maximum atomic E-state index is 4.13. The SMILES string of the molecule is C=C(CN1CCC[C@H](C)C1)C(C)C. The first-order chi connectivity index (χ1) is 6.09. The molecule has 0 bridgehead atoms. The molecular weight excluding hydrogens is 158 g/mol. The molecule has 1 heteroatoms. The lowest BCUT2D eigenvalue weighted by molar-refractivity contribution is 0.194. The molecule has 0 aliphatic carbocycles. The van der Waals surface area contributed by atoms with Crippen LogP contribution < -0.4 is 0 Å². The van der Waals surface area contributed by atoms with Gasteiger partial charge >= 0.3 is 0 Å². The Labute approximate surface area is 82.8 Å². The first kappa shape index (κ1) is 10.8. The van der Waals surface area contributed by atoms with E-state index >= 15 is 0 Å². The van der Waals surface area contributed by atoms with Gasteiger partial charge in [-0.15, -0.1) is 0 Å². The smallest absolute Gasteiger partial charge is 0.0192 e. The van der Waals surface area contributed by atoms with E-state index in [4.69, 9.17) is 0 Å². The van der Waals surface area contributed by atoms with Crippen molar-refractivity contribution in [2.45, 2.75) is 33.6 Å². The summed E-state index contributed by atoms with van der Waals surface area (Å²) in [5, 5.41) is 0. The third kappa shape index (κ3) is 3.51. The van der Waals surface area contributed by atoms with Crippen LogP contribution in [-0.2, 0) is 0 Å². The van der Waals surface area contributed by atoms with Gasteiger partial charge < -0.3 is 0 Å². The van der Waals surface area contributed by atoms with Crippen LogP contribution in [0.5, 0.6) is 0 Å². The van der Waals surface area contributed by atoms with E-state index in [-0.39, 0.29) is 0 Å². The van der Waals surface area contributed by atoms with Gasteiger partial charge in [0.15, 0.2) is 0 Å². The predicted octanol–water partition coefficient (Wildman–Crippen LogP) is 2.93. The molecule has 0 spiro atoms. The fourth-order valence-electron chi connectivity index (χ4n) is 1.90. The highest BCUT2D eigenvalue weighted by atomic mass is 15.1. The molecule has 0 saturated carbocycles. The zero-order chi connectivity index (χ0) is 9.84. The Bertz CT molecular complexity index is 172. The highest BCUT2D eigenvalue weighted by Crippen LogP contribution is 2.18. The van der Waals surface area contributed by atoms with Crippen molar-refractivity contribution in [2.75, 3.05) is 19.6 Å². The fraction of sp³-hybridized carbons (Fsp3) is 0.833. The molecule has 0 amide bonds. The fourth-order valence-corrected chi connectivity index (χ4v) is 1.90. The van der Waals surface area contributed by atoms with Crippen LogP contribution in [0.4, 0.5) is 0 Å². The van der Waals surface area contributed by atoms with Crippen LogP contribution in [0.2, 0.25) is 0 Å². The summed E-state index contributed by atoms with van der Waals surface area (Å²) >= 11 is 0. The zero-order valence-electron chi connectivity index (χ0n) is 9.34. The Morgan fingerprint density at radius 2 is 2.23 bits per heavy atom. The molecular formula is C12H23N. The largest absolute Gasteiger partial charge is 0.299 e. The molecule has 0 unspecified atom stereocenters. The van der Waals surface area contributed by atoms with Gasteiger partial charge in [0, 0.05) is 13.1 Å². The quantitative estimate of drug-likeness (QED) is 0.605. The lowest BCUT2D eigenvalue weighted by atomic mass is 9.98. The highest BCUT2D eigenvalue weighted by Gasteiger charge is 2.16. The number of nitrogens with zero attached hydrogens (tertiary/aromatic N) is 1. The lowest BCUT2D eigenvalue weighted by Gasteiger charge is -2.32. The molecule has 1 nitrogen and oxygen atoms in total. The molecule has 1 fully saturated rings. The molecule has 0 radical (unpaired) electrons. The van der Waals surface area contributed by atoms with Crippen LogP contribution in [-0.4, -0.2) is 24.5 Å². The molecule has 0 aromatic heterocycles. The second-order valence-electron chi connectivity index (χ2n) is 4.80. The monoisotopic (exact) mass is 181 g/mol. The van der Waals surface area contributed by atoms with Crippen LogP contribution in [0.25, 0.3) is 0 Å². The van der Waals surface area contributed by atoms with E-state index in [1.54, 1.807) is 0 Å². The van der Waals surface area contributed by atoms with Crippen LogP contribution in [0.15, 0.2) is 12.2 Å². The average Bonchev–Trinajstić information content (AvgIpc) is 2.04. The Morgan fingerprint density at radius 1 is 1.54 bits per heavy atom. The van der Waals surface area contributed by atoms with Gasteiger partial charge in [-0.2, -0.15) is 0 Å². The molecule has 1 heterocycles. The van der Waals surface area contributed by atoms with E-state index < -0.39 is 0 Å². The topological polar surface area (TPSA) is 3.24 Å². The summed E-state index contributed by atoms with van der Waals surface area (Å²) in [6.45, 7) is 14.6. The molecule has 13 heavy (non-hydrogen) atoms. The summed E-state index contributed by atoms with van der Waals surface area (Å²) in [7, 11) is 0. The number of piperidine rings is 1.